The van der Waals surface area contributed by atoms with Crippen LogP contribution in [0.2, 0.25) is 0 Å². The number of aliphatic hydroxyl groups excluding tert-OH is 1. The van der Waals surface area contributed by atoms with Gasteiger partial charge in [-0.1, -0.05) is 112 Å². The number of aliphatic hydroxyl groups is 1. The molecule has 1 rings (SSSR count). The van der Waals surface area contributed by atoms with Crippen molar-refractivity contribution in [3.63, 3.8) is 0 Å². The first kappa shape index (κ1) is 84.2. The molecule has 1 aromatic carbocycles. The van der Waals surface area contributed by atoms with Crippen molar-refractivity contribution in [3.8, 4) is 0 Å². The van der Waals surface area contributed by atoms with Crippen molar-refractivity contribution >= 4 is 88.8 Å². The fraction of sp³-hybridized carbons (Fsp3) is 0.661. The van der Waals surface area contributed by atoms with Crippen molar-refractivity contribution in [2.45, 2.75) is 207 Å². The van der Waals surface area contributed by atoms with Crippen molar-refractivity contribution < 1.29 is 92.3 Å². The molecule has 95 heavy (non-hydrogen) atoms. The first-order valence-corrected chi connectivity index (χ1v) is 31.9. The van der Waals surface area contributed by atoms with Gasteiger partial charge in [0, 0.05) is 19.3 Å². The van der Waals surface area contributed by atoms with Crippen molar-refractivity contribution in [1.82, 2.24) is 63.8 Å². The Bertz CT molecular complexity index is 2770. The minimum Gasteiger partial charge on any atom is -0.481 e. The zero-order valence-corrected chi connectivity index (χ0v) is 56.1. The average molecular weight is 1350 g/mol. The summed E-state index contributed by atoms with van der Waals surface area (Å²) in [6.45, 7) is 15.8. The Morgan fingerprint density at radius 2 is 0.811 bits per heavy atom. The van der Waals surface area contributed by atoms with E-state index in [1.165, 1.54) is 20.8 Å². The van der Waals surface area contributed by atoms with Crippen LogP contribution in [-0.4, -0.2) is 202 Å². The molecule has 33 nitrogen and oxygen atoms in total. The molecule has 0 aliphatic heterocycles. The van der Waals surface area contributed by atoms with Gasteiger partial charge in [-0.15, -0.1) is 0 Å². The fourth-order valence-corrected chi connectivity index (χ4v) is 9.11. The maximum Gasteiger partial charge on any atom is 0.326 e. The summed E-state index contributed by atoms with van der Waals surface area (Å²) in [5, 5.41) is 68.3. The molecule has 1 aromatic rings. The van der Waals surface area contributed by atoms with Gasteiger partial charge in [-0.25, -0.2) is 4.79 Å². The average Bonchev–Trinajstić information content (AvgIpc) is 0.909. The van der Waals surface area contributed by atoms with Crippen LogP contribution in [-0.2, 0) is 78.3 Å². The van der Waals surface area contributed by atoms with Gasteiger partial charge in [-0.2, -0.15) is 0 Å². The van der Waals surface area contributed by atoms with Crippen LogP contribution in [0, 0.1) is 29.6 Å². The molecule has 0 fully saturated rings. The van der Waals surface area contributed by atoms with Gasteiger partial charge in [0.25, 0.3) is 0 Å². The monoisotopic (exact) mass is 1350 g/mol. The summed E-state index contributed by atoms with van der Waals surface area (Å²) >= 11 is 0. The molecule has 0 bridgehead atoms. The zero-order chi connectivity index (χ0) is 72.4. The molecule has 33 heteroatoms. The van der Waals surface area contributed by atoms with E-state index in [9.17, 15) is 92.3 Å². The molecule has 20 N–H and O–H groups in total. The van der Waals surface area contributed by atoms with E-state index in [-0.39, 0.29) is 25.3 Å². The Balaban J connectivity index is 3.25. The van der Waals surface area contributed by atoms with Crippen LogP contribution in [0.15, 0.2) is 30.3 Å². The normalized spacial score (nSPS) is 15.3. The maximum atomic E-state index is 14.1. The van der Waals surface area contributed by atoms with Gasteiger partial charge >= 0.3 is 17.9 Å². The second-order valence-electron chi connectivity index (χ2n) is 24.4. The van der Waals surface area contributed by atoms with Gasteiger partial charge in [0.2, 0.25) is 70.9 Å². The summed E-state index contributed by atoms with van der Waals surface area (Å²) in [6.07, 6.45) is -1.32. The number of amides is 12. The molecule has 12 amide bonds. The highest BCUT2D eigenvalue weighted by molar-refractivity contribution is 5.99. The molecule has 0 saturated heterocycles. The van der Waals surface area contributed by atoms with Crippen molar-refractivity contribution in [2.24, 2.45) is 41.1 Å². The highest BCUT2D eigenvalue weighted by Crippen LogP contribution is 2.14. The molecular weight excluding hydrogens is 1240 g/mol. The number of nitrogens with one attached hydrogen (secondary N) is 12. The van der Waals surface area contributed by atoms with Crippen molar-refractivity contribution in [3.05, 3.63) is 35.9 Å². The molecule has 0 unspecified atom stereocenters. The quantitative estimate of drug-likeness (QED) is 0.0284. The Kier molecular flexibility index (Phi) is 38.3. The number of carbonyl (C=O) groups is 15. The van der Waals surface area contributed by atoms with Crippen molar-refractivity contribution in [2.75, 3.05) is 26.2 Å². The second kappa shape index (κ2) is 43.2. The van der Waals surface area contributed by atoms with E-state index in [1.807, 2.05) is 0 Å². The van der Waals surface area contributed by atoms with Gasteiger partial charge in [0.05, 0.1) is 25.7 Å². The van der Waals surface area contributed by atoms with Crippen LogP contribution in [0.3, 0.4) is 0 Å². The fourth-order valence-electron chi connectivity index (χ4n) is 9.11. The number of carbonyl (C=O) groups excluding carboxylic acids is 12. The Hall–Kier alpha value is -8.85. The number of unbranched alkanes of at least 4 members (excludes halogenated alkanes) is 1. The lowest BCUT2D eigenvalue weighted by Gasteiger charge is -2.30. The van der Waals surface area contributed by atoms with E-state index < -0.39 is 224 Å². The predicted molar refractivity (Wildman–Crippen MR) is 344 cm³/mol. The van der Waals surface area contributed by atoms with E-state index in [0.29, 0.717) is 31.2 Å². The minimum atomic E-state index is -1.92. The molecule has 0 aromatic heterocycles. The third kappa shape index (κ3) is 30.8. The second-order valence-corrected chi connectivity index (χ2v) is 24.4. The summed E-state index contributed by atoms with van der Waals surface area (Å²) in [4.78, 5) is 198. The first-order valence-electron chi connectivity index (χ1n) is 31.9. The lowest BCUT2D eigenvalue weighted by Crippen LogP contribution is -2.61. The molecule has 0 aliphatic carbocycles. The smallest absolute Gasteiger partial charge is 0.326 e. The molecule has 0 spiro atoms. The van der Waals surface area contributed by atoms with E-state index in [1.54, 1.807) is 85.7 Å². The van der Waals surface area contributed by atoms with E-state index in [0.717, 1.165) is 0 Å². The number of hydrogen-bond acceptors (Lipinski definition) is 18. The highest BCUT2D eigenvalue weighted by Gasteiger charge is 2.37. The maximum absolute atomic E-state index is 14.1. The van der Waals surface area contributed by atoms with E-state index >= 15 is 0 Å². The van der Waals surface area contributed by atoms with Gasteiger partial charge in [-0.3, -0.25) is 67.1 Å². The predicted octanol–water partition coefficient (Wildman–Crippen LogP) is -3.35. The van der Waals surface area contributed by atoms with Crippen LogP contribution in [0.25, 0.3) is 0 Å². The topological polar surface area (TPSA) is 533 Å². The Morgan fingerprint density at radius 1 is 0.421 bits per heavy atom. The minimum absolute atomic E-state index is 0.00384. The number of nitrogens with two attached hydrogens (primary N) is 2. The van der Waals surface area contributed by atoms with Gasteiger partial charge in [-0.05, 0) is 80.7 Å². The number of rotatable bonds is 45. The number of benzene rings is 1. The van der Waals surface area contributed by atoms with Gasteiger partial charge < -0.3 is 95.7 Å². The molecule has 0 heterocycles. The number of hydrogen-bond donors (Lipinski definition) is 18. The lowest BCUT2D eigenvalue weighted by molar-refractivity contribution is -0.143. The van der Waals surface area contributed by atoms with Crippen LogP contribution >= 0.6 is 0 Å². The summed E-state index contributed by atoms with van der Waals surface area (Å²) in [7, 11) is 0. The third-order valence-electron chi connectivity index (χ3n) is 15.6. The zero-order valence-electron chi connectivity index (χ0n) is 56.1. The molecular formula is C62H102N14O19. The van der Waals surface area contributed by atoms with Gasteiger partial charge in [0.15, 0.2) is 0 Å². The third-order valence-corrected chi connectivity index (χ3v) is 15.6. The summed E-state index contributed by atoms with van der Waals surface area (Å²) in [5.41, 5.74) is 12.1. The van der Waals surface area contributed by atoms with Crippen LogP contribution in [0.4, 0.5) is 0 Å². The molecule has 534 valence electrons. The molecule has 0 aliphatic rings. The van der Waals surface area contributed by atoms with Crippen molar-refractivity contribution in [1.29, 1.82) is 0 Å². The SMILES string of the molecule is CC[C@H](C)[C@H](NC(=O)CNC(=O)[C@@H](N)C(C)C)C(=O)N[C@H](C(=O)N[C@@H](C)C(=O)N[C@H](C(=O)N[C@@H](CCCCN)C(=O)NCC(=O)N[C@H](C(=O)N[C@@H](CCC(=O)O)C(=O)N[C@@H](CO)C(=O)N[C@@H](CCC(=O)O)C(=O)N[C@@H](Cc1ccccc1)C(=O)O)C(C)C)[C@@H](C)CC)C(C)C. The molecule has 0 radical (unpaired) electrons. The first-order chi connectivity index (χ1) is 44.5. The largest absolute Gasteiger partial charge is 0.481 e. The van der Waals surface area contributed by atoms with E-state index in [4.69, 9.17) is 11.5 Å². The lowest BCUT2D eigenvalue weighted by atomic mass is 9.96. The van der Waals surface area contributed by atoms with E-state index in [2.05, 4.69) is 63.8 Å². The molecule has 13 atom stereocenters. The Labute approximate surface area is 553 Å². The van der Waals surface area contributed by atoms with Crippen LogP contribution in [0.5, 0.6) is 0 Å². The molecule has 0 saturated carbocycles. The highest BCUT2D eigenvalue weighted by atomic mass is 16.4. The van der Waals surface area contributed by atoms with Crippen LogP contribution in [0.1, 0.15) is 140 Å². The summed E-state index contributed by atoms with van der Waals surface area (Å²) < 4.78 is 0. The number of aliphatic carboxylic acids is 3. The summed E-state index contributed by atoms with van der Waals surface area (Å²) in [5.74, 6) is -17.5. The summed E-state index contributed by atoms with van der Waals surface area (Å²) in [6, 6.07) is -7.40. The van der Waals surface area contributed by atoms with Gasteiger partial charge in [0.1, 0.15) is 60.4 Å². The number of carboxylic acids is 3. The van der Waals surface area contributed by atoms with Crippen LogP contribution < -0.4 is 75.3 Å². The number of carboxylic acid groups (broad SMARTS) is 3. The standard InChI is InChI=1S/C62H102N14O19/c1-12-34(9)50(74-44(79)29-66-57(89)47(64)31(3)4)61(93)75-49(33(7)8)58(90)67-36(11)52(84)76-51(35(10)13-2)60(92)69-38(21-17-18-26-63)53(85)65-28-43(78)73-48(32(5)6)59(91)70-40(23-25-46(82)83)55(87)72-42(30-77)56(88)68-39(22-24-45(80)81)54(86)71-41(62(94)95)27-37-19-15-14-16-20-37/h14-16,19-20,31-36,38-42,47-51,77H,12-13,17-18,21-30,63-64H2,1-11H3,(H,65,85)(H,66,89)(H,67,90)(H,68,88)(H,69,92)(H,70,91)(H,71,86)(H,72,87)(H,73,78)(H,74,79)(H,75,93)(H,76,84)(H,80,81)(H,82,83)(H,94,95)/t34-,35-,36-,38-,39-,40-,41-,42-,47-,48-,49-,50-,51-/m0/s1. The Morgan fingerprint density at radius 3 is 1.26 bits per heavy atom.